The topological polar surface area (TPSA) is 12.5 Å². The molecule has 0 amide bonds. The number of hydrogen-bond donors (Lipinski definition) is 0. The quantitative estimate of drug-likeness (QED) is 0.522. The van der Waals surface area contributed by atoms with E-state index < -0.39 is 0 Å². The van der Waals surface area contributed by atoms with Gasteiger partial charge < -0.3 is 4.74 Å². The smallest absolute Gasteiger partial charge is 0.114 e. The van der Waals surface area contributed by atoms with E-state index in [2.05, 4.69) is 39.0 Å². The molecule has 2 atom stereocenters. The van der Waals surface area contributed by atoms with Crippen molar-refractivity contribution < 1.29 is 4.74 Å². The number of fused-ring (bicyclic) bond motifs is 1. The van der Waals surface area contributed by atoms with Gasteiger partial charge in [0.1, 0.15) is 11.7 Å². The molecule has 60 valence electrons. The average Bonchev–Trinajstić information content (AvgIpc) is 2.58. The molecule has 0 aromatic rings. The van der Waals surface area contributed by atoms with E-state index in [1.807, 2.05) is 0 Å². The van der Waals surface area contributed by atoms with Crippen LogP contribution in [-0.4, -0.2) is 11.7 Å². The van der Waals surface area contributed by atoms with Crippen LogP contribution in [0.5, 0.6) is 0 Å². The van der Waals surface area contributed by atoms with Crippen LogP contribution in [0, 0.1) is 5.92 Å². The molecule has 1 heterocycles. The SMILES string of the molecule is CC(C)C1=CC2OC2(C)C=C1. The molecule has 1 heteroatoms. The van der Waals surface area contributed by atoms with Crippen LogP contribution in [0.2, 0.25) is 0 Å². The van der Waals surface area contributed by atoms with Crippen molar-refractivity contribution in [2.24, 2.45) is 5.92 Å². The Bertz CT molecular complexity index is 237. The molecule has 0 aromatic carbocycles. The Morgan fingerprint density at radius 3 is 2.82 bits per heavy atom. The normalized spacial score (nSPS) is 40.4. The zero-order valence-electron chi connectivity index (χ0n) is 7.29. The van der Waals surface area contributed by atoms with E-state index in [0.717, 1.165) is 0 Å². The van der Waals surface area contributed by atoms with E-state index in [-0.39, 0.29) is 5.60 Å². The summed E-state index contributed by atoms with van der Waals surface area (Å²) >= 11 is 0. The zero-order chi connectivity index (χ0) is 8.06. The molecular weight excluding hydrogens is 136 g/mol. The van der Waals surface area contributed by atoms with Crippen molar-refractivity contribution in [1.29, 1.82) is 0 Å². The van der Waals surface area contributed by atoms with Crippen LogP contribution < -0.4 is 0 Å². The maximum atomic E-state index is 5.48. The molecule has 11 heavy (non-hydrogen) atoms. The van der Waals surface area contributed by atoms with E-state index in [0.29, 0.717) is 12.0 Å². The van der Waals surface area contributed by atoms with Gasteiger partial charge in [-0.25, -0.2) is 0 Å². The monoisotopic (exact) mass is 150 g/mol. The molecule has 2 rings (SSSR count). The third-order valence-electron chi connectivity index (χ3n) is 2.51. The molecule has 1 aliphatic heterocycles. The highest BCUT2D eigenvalue weighted by Crippen LogP contribution is 2.42. The Balaban J connectivity index is 2.19. The van der Waals surface area contributed by atoms with Gasteiger partial charge in [-0.2, -0.15) is 0 Å². The van der Waals surface area contributed by atoms with Crippen LogP contribution in [0.15, 0.2) is 23.8 Å². The van der Waals surface area contributed by atoms with Gasteiger partial charge in [0.15, 0.2) is 0 Å². The van der Waals surface area contributed by atoms with Gasteiger partial charge in [-0.15, -0.1) is 0 Å². The van der Waals surface area contributed by atoms with Gasteiger partial charge in [0.2, 0.25) is 0 Å². The van der Waals surface area contributed by atoms with Gasteiger partial charge >= 0.3 is 0 Å². The summed E-state index contributed by atoms with van der Waals surface area (Å²) in [5.74, 6) is 0.625. The molecule has 0 spiro atoms. The number of allylic oxidation sites excluding steroid dienone is 2. The summed E-state index contributed by atoms with van der Waals surface area (Å²) < 4.78 is 5.48. The van der Waals surface area contributed by atoms with Crippen LogP contribution in [0.1, 0.15) is 20.8 Å². The minimum absolute atomic E-state index is 0.0540. The summed E-state index contributed by atoms with van der Waals surface area (Å²) in [5, 5.41) is 0. The molecule has 1 saturated heterocycles. The molecule has 0 aromatic heterocycles. The van der Waals surface area contributed by atoms with E-state index in [1.54, 1.807) is 0 Å². The van der Waals surface area contributed by atoms with E-state index in [1.165, 1.54) is 5.57 Å². The van der Waals surface area contributed by atoms with Crippen molar-refractivity contribution >= 4 is 0 Å². The van der Waals surface area contributed by atoms with Crippen LogP contribution in [0.3, 0.4) is 0 Å². The molecule has 1 nitrogen and oxygen atoms in total. The van der Waals surface area contributed by atoms with Crippen LogP contribution in [0.4, 0.5) is 0 Å². The maximum absolute atomic E-state index is 5.48. The van der Waals surface area contributed by atoms with Gasteiger partial charge in [-0.05, 0) is 30.6 Å². The third kappa shape index (κ3) is 1.04. The fraction of sp³-hybridized carbons (Fsp3) is 0.600. The third-order valence-corrected chi connectivity index (χ3v) is 2.51. The van der Waals surface area contributed by atoms with Crippen LogP contribution in [-0.2, 0) is 4.74 Å². The van der Waals surface area contributed by atoms with Gasteiger partial charge in [-0.1, -0.05) is 19.9 Å². The Morgan fingerprint density at radius 1 is 1.55 bits per heavy atom. The molecular formula is C10H14O. The summed E-state index contributed by atoms with van der Waals surface area (Å²) in [6.45, 7) is 6.55. The molecule has 1 aliphatic carbocycles. The van der Waals surface area contributed by atoms with Crippen molar-refractivity contribution in [2.45, 2.75) is 32.5 Å². The van der Waals surface area contributed by atoms with Gasteiger partial charge in [-0.3, -0.25) is 0 Å². The van der Waals surface area contributed by atoms with Crippen LogP contribution in [0.25, 0.3) is 0 Å². The lowest BCUT2D eigenvalue weighted by molar-refractivity contribution is 0.357. The highest BCUT2D eigenvalue weighted by Gasteiger charge is 2.50. The van der Waals surface area contributed by atoms with Crippen molar-refractivity contribution in [3.63, 3.8) is 0 Å². The predicted molar refractivity (Wildman–Crippen MR) is 45.3 cm³/mol. The first kappa shape index (κ1) is 7.11. The second-order valence-corrected chi connectivity index (χ2v) is 3.88. The lowest BCUT2D eigenvalue weighted by Crippen LogP contribution is -2.09. The first-order valence-electron chi connectivity index (χ1n) is 4.20. The molecule has 1 fully saturated rings. The summed E-state index contributed by atoms with van der Waals surface area (Å²) in [6.07, 6.45) is 6.97. The first-order chi connectivity index (χ1) is 5.12. The highest BCUT2D eigenvalue weighted by molar-refractivity contribution is 5.37. The lowest BCUT2D eigenvalue weighted by atomic mass is 9.92. The van der Waals surface area contributed by atoms with Gasteiger partial charge in [0, 0.05) is 0 Å². The summed E-state index contributed by atoms with van der Waals surface area (Å²) in [4.78, 5) is 0. The van der Waals surface area contributed by atoms with Crippen LogP contribution >= 0.6 is 0 Å². The Hall–Kier alpha value is -0.560. The number of epoxide rings is 1. The van der Waals surface area contributed by atoms with Crippen molar-refractivity contribution in [3.05, 3.63) is 23.8 Å². The number of rotatable bonds is 1. The predicted octanol–water partition coefficient (Wildman–Crippen LogP) is 2.30. The van der Waals surface area contributed by atoms with E-state index >= 15 is 0 Å². The molecule has 2 aliphatic rings. The maximum Gasteiger partial charge on any atom is 0.114 e. The molecule has 2 unspecified atom stereocenters. The fourth-order valence-corrected chi connectivity index (χ4v) is 1.45. The summed E-state index contributed by atoms with van der Waals surface area (Å²) in [5.41, 5.74) is 1.46. The molecule has 0 bridgehead atoms. The minimum Gasteiger partial charge on any atom is -0.357 e. The molecule has 0 radical (unpaired) electrons. The fourth-order valence-electron chi connectivity index (χ4n) is 1.45. The minimum atomic E-state index is 0.0540. The molecule has 0 N–H and O–H groups in total. The second kappa shape index (κ2) is 1.98. The Labute approximate surface area is 67.7 Å². The van der Waals surface area contributed by atoms with Crippen molar-refractivity contribution in [3.8, 4) is 0 Å². The Morgan fingerprint density at radius 2 is 2.27 bits per heavy atom. The van der Waals surface area contributed by atoms with Gasteiger partial charge in [0.25, 0.3) is 0 Å². The van der Waals surface area contributed by atoms with Crippen molar-refractivity contribution in [1.82, 2.24) is 0 Å². The second-order valence-electron chi connectivity index (χ2n) is 3.88. The highest BCUT2D eigenvalue weighted by atomic mass is 16.6. The standard InChI is InChI=1S/C10H14O/c1-7(2)8-4-5-10(3)9(6-8)11-10/h4-7,9H,1-3H3. The van der Waals surface area contributed by atoms with Gasteiger partial charge in [0.05, 0.1) is 0 Å². The Kier molecular flexibility index (Phi) is 1.28. The van der Waals surface area contributed by atoms with E-state index in [4.69, 9.17) is 4.74 Å². The summed E-state index contributed by atoms with van der Waals surface area (Å²) in [7, 11) is 0. The first-order valence-corrected chi connectivity index (χ1v) is 4.20. The summed E-state index contributed by atoms with van der Waals surface area (Å²) in [6, 6.07) is 0. The molecule has 0 saturated carbocycles. The van der Waals surface area contributed by atoms with Crippen molar-refractivity contribution in [2.75, 3.05) is 0 Å². The zero-order valence-corrected chi connectivity index (χ0v) is 7.29. The van der Waals surface area contributed by atoms with E-state index in [9.17, 15) is 0 Å². The number of ether oxygens (including phenoxy) is 1. The number of hydrogen-bond acceptors (Lipinski definition) is 1. The lowest BCUT2D eigenvalue weighted by Gasteiger charge is -2.10. The largest absolute Gasteiger partial charge is 0.357 e. The average molecular weight is 150 g/mol.